The monoisotopic (exact) mass is 326 g/mol. The molecule has 1 unspecified atom stereocenters. The first-order valence-electron chi connectivity index (χ1n) is 4.87. The van der Waals surface area contributed by atoms with E-state index in [2.05, 4.69) is 20.7 Å². The second-order valence-electron chi connectivity index (χ2n) is 3.43. The molecule has 1 rings (SSSR count). The maximum absolute atomic E-state index is 12.4. The minimum atomic E-state index is -4.50. The first kappa shape index (κ1) is 14.8. The van der Waals surface area contributed by atoms with Gasteiger partial charge in [0.25, 0.3) is 0 Å². The van der Waals surface area contributed by atoms with Crippen molar-refractivity contribution >= 4 is 21.9 Å². The Labute approximate surface area is 110 Å². The predicted octanol–water partition coefficient (Wildman–Crippen LogP) is 3.57. The van der Waals surface area contributed by atoms with Gasteiger partial charge in [0, 0.05) is 4.47 Å². The van der Waals surface area contributed by atoms with E-state index < -0.39 is 18.2 Å². The summed E-state index contributed by atoms with van der Waals surface area (Å²) in [6.45, 7) is 0.864. The van der Waals surface area contributed by atoms with Crippen molar-refractivity contribution in [2.45, 2.75) is 19.2 Å². The molecule has 0 heterocycles. The molecule has 3 nitrogen and oxygen atoms in total. The molecular formula is C11H10BrF3O3. The van der Waals surface area contributed by atoms with Gasteiger partial charge in [0.2, 0.25) is 0 Å². The second-order valence-corrected chi connectivity index (χ2v) is 4.35. The van der Waals surface area contributed by atoms with Crippen molar-refractivity contribution < 1.29 is 27.4 Å². The Bertz CT molecular complexity index is 446. The van der Waals surface area contributed by atoms with E-state index in [0.717, 1.165) is 14.0 Å². The zero-order chi connectivity index (χ0) is 13.9. The van der Waals surface area contributed by atoms with Crippen molar-refractivity contribution in [3.8, 4) is 5.75 Å². The Morgan fingerprint density at radius 3 is 2.50 bits per heavy atom. The Hall–Kier alpha value is -1.24. The maximum Gasteiger partial charge on any atom is 0.425 e. The average molecular weight is 327 g/mol. The van der Waals surface area contributed by atoms with Crippen molar-refractivity contribution in [2.75, 3.05) is 7.11 Å². The van der Waals surface area contributed by atoms with Crippen LogP contribution in [0.2, 0.25) is 0 Å². The van der Waals surface area contributed by atoms with Crippen LogP contribution < -0.4 is 4.74 Å². The van der Waals surface area contributed by atoms with Crippen LogP contribution in [0.4, 0.5) is 13.2 Å². The number of hydrogen-bond acceptors (Lipinski definition) is 3. The number of hydrogen-bond donors (Lipinski definition) is 0. The summed E-state index contributed by atoms with van der Waals surface area (Å²) in [6.07, 6.45) is -6.51. The molecule has 1 aromatic rings. The van der Waals surface area contributed by atoms with Gasteiger partial charge in [-0.3, -0.25) is 0 Å². The molecule has 0 amide bonds. The Balaban J connectivity index is 3.05. The molecule has 0 aliphatic carbocycles. The molecule has 0 radical (unpaired) electrons. The van der Waals surface area contributed by atoms with Crippen LogP contribution in [-0.4, -0.2) is 25.4 Å². The fourth-order valence-electron chi connectivity index (χ4n) is 1.13. The summed E-state index contributed by atoms with van der Waals surface area (Å²) >= 11 is 3.11. The van der Waals surface area contributed by atoms with E-state index in [1.807, 2.05) is 0 Å². The summed E-state index contributed by atoms with van der Waals surface area (Å²) < 4.78 is 46.9. The standard InChI is InChI=1S/C11H10BrF3O3/c1-6(11(13,14)15)18-9-4-3-7(12)5-8(9)10(16)17-2/h3-6H,1-2H3. The van der Waals surface area contributed by atoms with Crippen LogP contribution >= 0.6 is 15.9 Å². The SMILES string of the molecule is COC(=O)c1cc(Br)ccc1OC(C)C(F)(F)F. The predicted molar refractivity (Wildman–Crippen MR) is 61.6 cm³/mol. The molecule has 0 aliphatic rings. The Morgan fingerprint density at radius 1 is 1.39 bits per heavy atom. The van der Waals surface area contributed by atoms with E-state index in [4.69, 9.17) is 4.74 Å². The van der Waals surface area contributed by atoms with Crippen LogP contribution in [0.15, 0.2) is 22.7 Å². The van der Waals surface area contributed by atoms with Crippen LogP contribution in [0.25, 0.3) is 0 Å². The topological polar surface area (TPSA) is 35.5 Å². The highest BCUT2D eigenvalue weighted by Gasteiger charge is 2.38. The summed E-state index contributed by atoms with van der Waals surface area (Å²) in [7, 11) is 1.14. The third-order valence-electron chi connectivity index (χ3n) is 2.11. The van der Waals surface area contributed by atoms with Gasteiger partial charge in [0.15, 0.2) is 6.10 Å². The second kappa shape index (κ2) is 5.60. The molecular weight excluding hydrogens is 317 g/mol. The molecule has 1 atom stereocenters. The summed E-state index contributed by atoms with van der Waals surface area (Å²) in [5.41, 5.74) is -0.0667. The number of carbonyl (C=O) groups is 1. The van der Waals surface area contributed by atoms with E-state index in [1.54, 1.807) is 0 Å². The van der Waals surface area contributed by atoms with E-state index in [0.29, 0.717) is 4.47 Å². The number of rotatable bonds is 3. The number of ether oxygens (including phenoxy) is 2. The Kier molecular flexibility index (Phi) is 4.61. The van der Waals surface area contributed by atoms with Gasteiger partial charge in [-0.1, -0.05) is 15.9 Å². The summed E-state index contributed by atoms with van der Waals surface area (Å²) in [4.78, 5) is 11.4. The number of halogens is 4. The lowest BCUT2D eigenvalue weighted by Gasteiger charge is -2.19. The molecule has 18 heavy (non-hydrogen) atoms. The minimum absolute atomic E-state index is 0.0667. The van der Waals surface area contributed by atoms with Crippen LogP contribution in [0.1, 0.15) is 17.3 Å². The fraction of sp³-hybridized carbons (Fsp3) is 0.364. The van der Waals surface area contributed by atoms with Crippen LogP contribution in [-0.2, 0) is 4.74 Å². The van der Waals surface area contributed by atoms with Crippen molar-refractivity contribution in [2.24, 2.45) is 0 Å². The van der Waals surface area contributed by atoms with Crippen molar-refractivity contribution in [3.63, 3.8) is 0 Å². The lowest BCUT2D eigenvalue weighted by atomic mass is 10.2. The van der Waals surface area contributed by atoms with Crippen molar-refractivity contribution in [1.29, 1.82) is 0 Å². The van der Waals surface area contributed by atoms with Gasteiger partial charge in [-0.25, -0.2) is 4.79 Å². The van der Waals surface area contributed by atoms with Gasteiger partial charge in [-0.05, 0) is 25.1 Å². The number of esters is 1. The van der Waals surface area contributed by atoms with Gasteiger partial charge < -0.3 is 9.47 Å². The largest absolute Gasteiger partial charge is 0.480 e. The van der Waals surface area contributed by atoms with E-state index in [1.165, 1.54) is 18.2 Å². The first-order valence-corrected chi connectivity index (χ1v) is 5.66. The zero-order valence-corrected chi connectivity index (χ0v) is 11.1. The summed E-state index contributed by atoms with van der Waals surface area (Å²) in [5, 5.41) is 0. The normalized spacial score (nSPS) is 13.0. The van der Waals surface area contributed by atoms with Crippen LogP contribution in [0, 0.1) is 0 Å². The third kappa shape index (κ3) is 3.63. The molecule has 0 bridgehead atoms. The van der Waals surface area contributed by atoms with Crippen LogP contribution in [0.3, 0.4) is 0 Å². The van der Waals surface area contributed by atoms with Crippen molar-refractivity contribution in [3.05, 3.63) is 28.2 Å². The van der Waals surface area contributed by atoms with E-state index in [9.17, 15) is 18.0 Å². The van der Waals surface area contributed by atoms with E-state index >= 15 is 0 Å². The molecule has 0 fully saturated rings. The number of alkyl halides is 3. The molecule has 0 saturated heterocycles. The molecule has 0 saturated carbocycles. The first-order chi connectivity index (χ1) is 8.25. The number of methoxy groups -OCH3 is 1. The molecule has 100 valence electrons. The van der Waals surface area contributed by atoms with Gasteiger partial charge >= 0.3 is 12.1 Å². The highest BCUT2D eigenvalue weighted by atomic mass is 79.9. The van der Waals surface area contributed by atoms with Gasteiger partial charge in [-0.15, -0.1) is 0 Å². The quantitative estimate of drug-likeness (QED) is 0.797. The van der Waals surface area contributed by atoms with Crippen molar-refractivity contribution in [1.82, 2.24) is 0 Å². The summed E-state index contributed by atoms with van der Waals surface area (Å²) in [6, 6.07) is 4.09. The molecule has 0 aromatic heterocycles. The maximum atomic E-state index is 12.4. The van der Waals surface area contributed by atoms with Gasteiger partial charge in [0.05, 0.1) is 7.11 Å². The fourth-order valence-corrected chi connectivity index (χ4v) is 1.49. The highest BCUT2D eigenvalue weighted by Crippen LogP contribution is 2.29. The number of carbonyl (C=O) groups excluding carboxylic acids is 1. The van der Waals surface area contributed by atoms with Crippen LogP contribution in [0.5, 0.6) is 5.75 Å². The smallest absolute Gasteiger partial charge is 0.425 e. The molecule has 7 heteroatoms. The minimum Gasteiger partial charge on any atom is -0.480 e. The summed E-state index contributed by atoms with van der Waals surface area (Å²) in [5.74, 6) is -0.935. The number of benzene rings is 1. The molecule has 0 aliphatic heterocycles. The average Bonchev–Trinajstić information content (AvgIpc) is 2.29. The highest BCUT2D eigenvalue weighted by molar-refractivity contribution is 9.10. The zero-order valence-electron chi connectivity index (χ0n) is 9.55. The van der Waals surface area contributed by atoms with Gasteiger partial charge in [0.1, 0.15) is 11.3 Å². The molecule has 0 spiro atoms. The Morgan fingerprint density at radius 2 is 2.00 bits per heavy atom. The molecule has 1 aromatic carbocycles. The third-order valence-corrected chi connectivity index (χ3v) is 2.60. The van der Waals surface area contributed by atoms with E-state index in [-0.39, 0.29) is 11.3 Å². The van der Waals surface area contributed by atoms with Gasteiger partial charge in [-0.2, -0.15) is 13.2 Å². The molecule has 0 N–H and O–H groups in total. The lowest BCUT2D eigenvalue weighted by Crippen LogP contribution is -2.31. The lowest BCUT2D eigenvalue weighted by molar-refractivity contribution is -0.189.